The molecule has 4 heteroatoms. The van der Waals surface area contributed by atoms with Crippen molar-refractivity contribution in [2.45, 2.75) is 45.3 Å². The number of hydrogen-bond acceptors (Lipinski definition) is 3. The molecule has 0 spiro atoms. The Morgan fingerprint density at radius 2 is 1.64 bits per heavy atom. The van der Waals surface area contributed by atoms with E-state index in [2.05, 4.69) is 17.4 Å². The van der Waals surface area contributed by atoms with Gasteiger partial charge in [-0.15, -0.1) is 0 Å². The van der Waals surface area contributed by atoms with Crippen LogP contribution in [0, 0.1) is 0 Å². The highest BCUT2D eigenvalue weighted by Gasteiger charge is 2.27. The number of ether oxygens (including phenoxy) is 2. The molecule has 1 atom stereocenters. The van der Waals surface area contributed by atoms with Crippen molar-refractivity contribution >= 4 is 5.91 Å². The fraction of sp³-hybridized carbons (Fsp3) is 0.381. The average molecular weight is 341 g/mol. The number of rotatable bonds is 8. The smallest absolute Gasteiger partial charge is 0.261 e. The highest BCUT2D eigenvalue weighted by molar-refractivity contribution is 5.81. The Balaban J connectivity index is 2.03. The number of nitrogens with one attached hydrogen (secondary N) is 1. The summed E-state index contributed by atoms with van der Waals surface area (Å²) in [5.41, 5.74) is 0.821. The van der Waals surface area contributed by atoms with Crippen molar-refractivity contribution in [3.8, 4) is 11.5 Å². The largest absolute Gasteiger partial charge is 0.493 e. The molecule has 0 aliphatic heterocycles. The standard InChI is InChI=1S/C21H27NO3/c1-5-17(25-19-14-10-9-13-18(19)24-4)20(23)22-21(2,3)15-16-11-7-6-8-12-16/h6-14,17H,5,15H2,1-4H3,(H,22,23). The van der Waals surface area contributed by atoms with Crippen molar-refractivity contribution in [3.05, 3.63) is 60.2 Å². The van der Waals surface area contributed by atoms with Crippen molar-refractivity contribution in [2.24, 2.45) is 0 Å². The van der Waals surface area contributed by atoms with Crippen LogP contribution in [0.1, 0.15) is 32.8 Å². The first kappa shape index (κ1) is 18.8. The van der Waals surface area contributed by atoms with Crippen molar-refractivity contribution in [3.63, 3.8) is 0 Å². The van der Waals surface area contributed by atoms with Crippen molar-refractivity contribution in [1.82, 2.24) is 5.32 Å². The molecule has 1 amide bonds. The van der Waals surface area contributed by atoms with E-state index in [1.54, 1.807) is 7.11 Å². The van der Waals surface area contributed by atoms with Crippen LogP contribution in [0.3, 0.4) is 0 Å². The van der Waals surface area contributed by atoms with Crippen molar-refractivity contribution in [2.75, 3.05) is 7.11 Å². The molecule has 0 aromatic heterocycles. The normalized spacial score (nSPS) is 12.3. The lowest BCUT2D eigenvalue weighted by molar-refractivity contribution is -0.129. The quantitative estimate of drug-likeness (QED) is 0.790. The van der Waals surface area contributed by atoms with Gasteiger partial charge >= 0.3 is 0 Å². The van der Waals surface area contributed by atoms with E-state index in [9.17, 15) is 4.79 Å². The summed E-state index contributed by atoms with van der Waals surface area (Å²) in [4.78, 5) is 12.7. The zero-order chi connectivity index (χ0) is 18.3. The Bertz CT molecular complexity index is 683. The maximum atomic E-state index is 12.7. The predicted molar refractivity (Wildman–Crippen MR) is 100 cm³/mol. The van der Waals surface area contributed by atoms with Gasteiger partial charge in [0.05, 0.1) is 7.11 Å². The summed E-state index contributed by atoms with van der Waals surface area (Å²) in [5, 5.41) is 3.11. The fourth-order valence-corrected chi connectivity index (χ4v) is 2.76. The highest BCUT2D eigenvalue weighted by atomic mass is 16.5. The molecule has 2 aromatic carbocycles. The minimum Gasteiger partial charge on any atom is -0.493 e. The van der Waals surface area contributed by atoms with Crippen LogP contribution in [-0.4, -0.2) is 24.7 Å². The Labute approximate surface area is 150 Å². The number of para-hydroxylation sites is 2. The van der Waals surface area contributed by atoms with Gasteiger partial charge in [-0.3, -0.25) is 4.79 Å². The average Bonchev–Trinajstić information content (AvgIpc) is 2.59. The third-order valence-electron chi connectivity index (χ3n) is 3.95. The molecule has 0 heterocycles. The number of hydrogen-bond donors (Lipinski definition) is 1. The molecule has 134 valence electrons. The summed E-state index contributed by atoms with van der Waals surface area (Å²) in [5.74, 6) is 1.08. The van der Waals surface area contributed by atoms with E-state index < -0.39 is 6.10 Å². The monoisotopic (exact) mass is 341 g/mol. The first-order valence-electron chi connectivity index (χ1n) is 8.61. The number of methoxy groups -OCH3 is 1. The van der Waals surface area contributed by atoms with Gasteiger partial charge in [0.1, 0.15) is 0 Å². The Kier molecular flexibility index (Phi) is 6.45. The fourth-order valence-electron chi connectivity index (χ4n) is 2.76. The van der Waals surface area contributed by atoms with Crippen LogP contribution >= 0.6 is 0 Å². The van der Waals surface area contributed by atoms with Crippen molar-refractivity contribution in [1.29, 1.82) is 0 Å². The van der Waals surface area contributed by atoms with Crippen LogP contribution in [-0.2, 0) is 11.2 Å². The zero-order valence-corrected chi connectivity index (χ0v) is 15.4. The van der Waals surface area contributed by atoms with Crippen LogP contribution in [0.4, 0.5) is 0 Å². The highest BCUT2D eigenvalue weighted by Crippen LogP contribution is 2.27. The summed E-state index contributed by atoms with van der Waals surface area (Å²) in [6.07, 6.45) is 0.766. The molecule has 2 aromatic rings. The summed E-state index contributed by atoms with van der Waals surface area (Å²) in [6, 6.07) is 17.5. The molecule has 0 aliphatic rings. The molecular weight excluding hydrogens is 314 g/mol. The van der Waals surface area contributed by atoms with Crippen LogP contribution < -0.4 is 14.8 Å². The second kappa shape index (κ2) is 8.56. The topological polar surface area (TPSA) is 47.6 Å². The van der Waals surface area contributed by atoms with Crippen LogP contribution in [0.2, 0.25) is 0 Å². The Morgan fingerprint density at radius 3 is 2.24 bits per heavy atom. The third kappa shape index (κ3) is 5.52. The molecule has 0 saturated carbocycles. The molecule has 0 fully saturated rings. The van der Waals surface area contributed by atoms with Crippen LogP contribution in [0.15, 0.2) is 54.6 Å². The SMILES string of the molecule is CCC(Oc1ccccc1OC)C(=O)NC(C)(C)Cc1ccccc1. The maximum absolute atomic E-state index is 12.7. The molecule has 2 rings (SSSR count). The van der Waals surface area contributed by atoms with Gasteiger partial charge in [0.2, 0.25) is 0 Å². The number of carbonyl (C=O) groups excluding carboxylic acids is 1. The van der Waals surface area contributed by atoms with Gasteiger partial charge in [-0.05, 0) is 44.4 Å². The van der Waals surface area contributed by atoms with E-state index in [-0.39, 0.29) is 11.4 Å². The zero-order valence-electron chi connectivity index (χ0n) is 15.4. The summed E-state index contributed by atoms with van der Waals surface area (Å²) in [6.45, 7) is 5.98. The van der Waals surface area contributed by atoms with Gasteiger partial charge in [-0.1, -0.05) is 49.4 Å². The van der Waals surface area contributed by atoms with Crippen molar-refractivity contribution < 1.29 is 14.3 Å². The lowest BCUT2D eigenvalue weighted by atomic mass is 9.94. The Hall–Kier alpha value is -2.49. The van der Waals surface area contributed by atoms with E-state index in [4.69, 9.17) is 9.47 Å². The van der Waals surface area contributed by atoms with E-state index >= 15 is 0 Å². The number of benzene rings is 2. The van der Waals surface area contributed by atoms with Gasteiger partial charge in [0, 0.05) is 5.54 Å². The van der Waals surface area contributed by atoms with Crippen LogP contribution in [0.5, 0.6) is 11.5 Å². The first-order valence-corrected chi connectivity index (χ1v) is 8.61. The number of amides is 1. The van der Waals surface area contributed by atoms with E-state index in [0.29, 0.717) is 17.9 Å². The minimum atomic E-state index is -0.564. The molecule has 25 heavy (non-hydrogen) atoms. The third-order valence-corrected chi connectivity index (χ3v) is 3.95. The molecule has 1 N–H and O–H groups in total. The molecule has 1 unspecified atom stereocenters. The number of carbonyl (C=O) groups is 1. The van der Waals surface area contributed by atoms with Gasteiger partial charge < -0.3 is 14.8 Å². The second-order valence-electron chi connectivity index (χ2n) is 6.70. The van der Waals surface area contributed by atoms with E-state index in [0.717, 1.165) is 6.42 Å². The molecular formula is C21H27NO3. The summed E-state index contributed by atoms with van der Waals surface area (Å²) < 4.78 is 11.2. The molecule has 0 bridgehead atoms. The minimum absolute atomic E-state index is 0.116. The second-order valence-corrected chi connectivity index (χ2v) is 6.70. The van der Waals surface area contributed by atoms with Gasteiger partial charge in [0.15, 0.2) is 17.6 Å². The maximum Gasteiger partial charge on any atom is 0.261 e. The predicted octanol–water partition coefficient (Wildman–Crippen LogP) is 3.99. The first-order chi connectivity index (χ1) is 11.9. The summed E-state index contributed by atoms with van der Waals surface area (Å²) >= 11 is 0. The van der Waals surface area contributed by atoms with Crippen LogP contribution in [0.25, 0.3) is 0 Å². The lowest BCUT2D eigenvalue weighted by Crippen LogP contribution is -2.50. The van der Waals surface area contributed by atoms with E-state index in [1.807, 2.05) is 63.2 Å². The molecule has 0 radical (unpaired) electrons. The molecule has 0 aliphatic carbocycles. The summed E-state index contributed by atoms with van der Waals surface area (Å²) in [7, 11) is 1.59. The van der Waals surface area contributed by atoms with Gasteiger partial charge in [-0.2, -0.15) is 0 Å². The lowest BCUT2D eigenvalue weighted by Gasteiger charge is -2.29. The molecule has 4 nitrogen and oxygen atoms in total. The molecule has 0 saturated heterocycles. The van der Waals surface area contributed by atoms with Gasteiger partial charge in [-0.25, -0.2) is 0 Å². The van der Waals surface area contributed by atoms with E-state index in [1.165, 1.54) is 5.56 Å². The Morgan fingerprint density at radius 1 is 1.04 bits per heavy atom. The van der Waals surface area contributed by atoms with Gasteiger partial charge in [0.25, 0.3) is 5.91 Å².